The van der Waals surface area contributed by atoms with Gasteiger partial charge in [-0.2, -0.15) is 0 Å². The minimum atomic E-state index is -0.474. The van der Waals surface area contributed by atoms with Crippen LogP contribution in [0.2, 0.25) is 0 Å². The van der Waals surface area contributed by atoms with Crippen LogP contribution >= 0.6 is 0 Å². The number of rotatable bonds is 6. The van der Waals surface area contributed by atoms with Gasteiger partial charge in [-0.1, -0.05) is 0 Å². The van der Waals surface area contributed by atoms with E-state index in [0.29, 0.717) is 12.3 Å². The minimum Gasteiger partial charge on any atom is -0.494 e. The van der Waals surface area contributed by atoms with Crippen LogP contribution in [0.4, 0.5) is 11.6 Å². The van der Waals surface area contributed by atoms with Crippen molar-refractivity contribution >= 4 is 23.5 Å². The minimum absolute atomic E-state index is 0.174. The molecule has 3 heterocycles. The molecule has 152 valence electrons. The average Bonchev–Trinajstić information content (AvgIpc) is 3.03. The van der Waals surface area contributed by atoms with Gasteiger partial charge in [0.1, 0.15) is 5.75 Å². The van der Waals surface area contributed by atoms with Crippen molar-refractivity contribution in [3.8, 4) is 5.75 Å². The summed E-state index contributed by atoms with van der Waals surface area (Å²) in [6, 6.07) is 8.58. The molecule has 0 radical (unpaired) electrons. The molecule has 1 unspecified atom stereocenters. The van der Waals surface area contributed by atoms with E-state index in [2.05, 4.69) is 20.2 Å². The molecule has 1 aromatic heterocycles. The lowest BCUT2D eigenvalue weighted by molar-refractivity contribution is -0.121. The maximum atomic E-state index is 12.9. The number of benzene rings is 1. The SMILES string of the molecule is CCOc1ccc(N2C(=O)CC(NC3CCN(c4ncccn4)CC3)C2=O)cc1. The molecule has 29 heavy (non-hydrogen) atoms. The van der Waals surface area contributed by atoms with Crippen molar-refractivity contribution in [1.82, 2.24) is 15.3 Å². The summed E-state index contributed by atoms with van der Waals surface area (Å²) >= 11 is 0. The molecule has 0 spiro atoms. The summed E-state index contributed by atoms with van der Waals surface area (Å²) in [6.45, 7) is 4.12. The van der Waals surface area contributed by atoms with E-state index in [1.165, 1.54) is 4.90 Å². The summed E-state index contributed by atoms with van der Waals surface area (Å²) in [7, 11) is 0. The molecule has 8 heteroatoms. The maximum absolute atomic E-state index is 12.9. The van der Waals surface area contributed by atoms with Crippen LogP contribution in [0.1, 0.15) is 26.2 Å². The fourth-order valence-electron chi connectivity index (χ4n) is 3.88. The molecule has 2 fully saturated rings. The molecular formula is C21H25N5O3. The number of piperidine rings is 1. The first kappa shape index (κ1) is 19.3. The first-order valence-electron chi connectivity index (χ1n) is 10.0. The maximum Gasteiger partial charge on any atom is 0.251 e. The third-order valence-electron chi connectivity index (χ3n) is 5.32. The van der Waals surface area contributed by atoms with Gasteiger partial charge in [0.05, 0.1) is 24.8 Å². The van der Waals surface area contributed by atoms with Gasteiger partial charge in [0.2, 0.25) is 11.9 Å². The molecule has 1 aromatic carbocycles. The van der Waals surface area contributed by atoms with Gasteiger partial charge in [-0.3, -0.25) is 9.59 Å². The van der Waals surface area contributed by atoms with Gasteiger partial charge in [-0.15, -0.1) is 0 Å². The number of nitrogens with zero attached hydrogens (tertiary/aromatic N) is 4. The fourth-order valence-corrected chi connectivity index (χ4v) is 3.88. The van der Waals surface area contributed by atoms with Gasteiger partial charge in [-0.25, -0.2) is 14.9 Å². The van der Waals surface area contributed by atoms with Crippen LogP contribution in [-0.4, -0.2) is 53.6 Å². The topological polar surface area (TPSA) is 87.7 Å². The molecule has 0 saturated carbocycles. The predicted octanol–water partition coefficient (Wildman–Crippen LogP) is 1.77. The molecule has 2 aliphatic rings. The Kier molecular flexibility index (Phi) is 5.71. The molecule has 2 aliphatic heterocycles. The zero-order valence-corrected chi connectivity index (χ0v) is 16.5. The number of aromatic nitrogens is 2. The van der Waals surface area contributed by atoms with Crippen LogP contribution in [0, 0.1) is 0 Å². The van der Waals surface area contributed by atoms with Gasteiger partial charge < -0.3 is 15.0 Å². The molecule has 0 aliphatic carbocycles. The Balaban J connectivity index is 1.35. The lowest BCUT2D eigenvalue weighted by Gasteiger charge is -2.33. The fraction of sp³-hybridized carbons (Fsp3) is 0.429. The monoisotopic (exact) mass is 395 g/mol. The molecule has 1 atom stereocenters. The quantitative estimate of drug-likeness (QED) is 0.746. The second-order valence-corrected chi connectivity index (χ2v) is 7.23. The summed E-state index contributed by atoms with van der Waals surface area (Å²) in [4.78, 5) is 37.4. The van der Waals surface area contributed by atoms with E-state index < -0.39 is 6.04 Å². The van der Waals surface area contributed by atoms with Crippen molar-refractivity contribution in [2.45, 2.75) is 38.3 Å². The van der Waals surface area contributed by atoms with Crippen molar-refractivity contribution in [1.29, 1.82) is 0 Å². The number of ether oxygens (including phenoxy) is 1. The van der Waals surface area contributed by atoms with E-state index in [1.54, 1.807) is 42.7 Å². The highest BCUT2D eigenvalue weighted by molar-refractivity contribution is 6.22. The Hall–Kier alpha value is -3.00. The number of imide groups is 1. The molecule has 0 bridgehead atoms. The van der Waals surface area contributed by atoms with Gasteiger partial charge >= 0.3 is 0 Å². The molecule has 2 amide bonds. The van der Waals surface area contributed by atoms with E-state index in [4.69, 9.17) is 4.74 Å². The van der Waals surface area contributed by atoms with Crippen LogP contribution < -0.4 is 19.9 Å². The molecule has 8 nitrogen and oxygen atoms in total. The Morgan fingerprint density at radius 1 is 1.10 bits per heavy atom. The Morgan fingerprint density at radius 3 is 2.45 bits per heavy atom. The number of anilines is 2. The Bertz CT molecular complexity index is 850. The van der Waals surface area contributed by atoms with Gasteiger partial charge in [0.25, 0.3) is 5.91 Å². The van der Waals surface area contributed by atoms with Gasteiger partial charge in [0.15, 0.2) is 0 Å². The van der Waals surface area contributed by atoms with Crippen molar-refractivity contribution in [2.24, 2.45) is 0 Å². The van der Waals surface area contributed by atoms with E-state index in [0.717, 1.165) is 37.6 Å². The highest BCUT2D eigenvalue weighted by Crippen LogP contribution is 2.26. The van der Waals surface area contributed by atoms with Gasteiger partial charge in [0, 0.05) is 31.5 Å². The molecule has 1 N–H and O–H groups in total. The van der Waals surface area contributed by atoms with Crippen molar-refractivity contribution < 1.29 is 14.3 Å². The van der Waals surface area contributed by atoms with Crippen LogP contribution in [0.15, 0.2) is 42.7 Å². The molecule has 2 aromatic rings. The zero-order chi connectivity index (χ0) is 20.2. The number of carbonyl (C=O) groups excluding carboxylic acids is 2. The molecule has 2 saturated heterocycles. The largest absolute Gasteiger partial charge is 0.494 e. The Morgan fingerprint density at radius 2 is 1.79 bits per heavy atom. The van der Waals surface area contributed by atoms with Gasteiger partial charge in [-0.05, 0) is 50.1 Å². The van der Waals surface area contributed by atoms with Crippen molar-refractivity contribution in [2.75, 3.05) is 29.5 Å². The van der Waals surface area contributed by atoms with E-state index in [-0.39, 0.29) is 24.3 Å². The summed E-state index contributed by atoms with van der Waals surface area (Å²) in [5.74, 6) is 1.10. The second kappa shape index (κ2) is 8.57. The summed E-state index contributed by atoms with van der Waals surface area (Å²) in [5, 5.41) is 3.40. The lowest BCUT2D eigenvalue weighted by Crippen LogP contribution is -2.49. The first-order valence-corrected chi connectivity index (χ1v) is 10.0. The standard InChI is InChI=1S/C21H25N5O3/c1-2-29-17-6-4-16(5-7-17)26-19(27)14-18(20(26)28)24-15-8-12-25(13-9-15)21-22-10-3-11-23-21/h3-7,10-11,15,18,24H,2,8-9,12-14H2,1H3. The van der Waals surface area contributed by atoms with E-state index >= 15 is 0 Å². The smallest absolute Gasteiger partial charge is 0.251 e. The van der Waals surface area contributed by atoms with E-state index in [9.17, 15) is 9.59 Å². The number of hydrogen-bond acceptors (Lipinski definition) is 7. The molecular weight excluding hydrogens is 370 g/mol. The van der Waals surface area contributed by atoms with Crippen LogP contribution in [0.25, 0.3) is 0 Å². The van der Waals surface area contributed by atoms with Crippen molar-refractivity contribution in [3.05, 3.63) is 42.7 Å². The zero-order valence-electron chi connectivity index (χ0n) is 16.5. The number of amides is 2. The summed E-state index contributed by atoms with van der Waals surface area (Å²) in [5.41, 5.74) is 0.587. The second-order valence-electron chi connectivity index (χ2n) is 7.23. The third-order valence-corrected chi connectivity index (χ3v) is 5.32. The molecule has 4 rings (SSSR count). The van der Waals surface area contributed by atoms with Crippen LogP contribution in [-0.2, 0) is 9.59 Å². The number of hydrogen-bond donors (Lipinski definition) is 1. The predicted molar refractivity (Wildman–Crippen MR) is 109 cm³/mol. The normalized spacial score (nSPS) is 20.4. The third kappa shape index (κ3) is 4.22. The van der Waals surface area contributed by atoms with Crippen molar-refractivity contribution in [3.63, 3.8) is 0 Å². The number of carbonyl (C=O) groups is 2. The lowest BCUT2D eigenvalue weighted by atomic mass is 10.0. The highest BCUT2D eigenvalue weighted by Gasteiger charge is 2.40. The first-order chi connectivity index (χ1) is 14.2. The van der Waals surface area contributed by atoms with E-state index in [1.807, 2.05) is 6.92 Å². The Labute approximate surface area is 169 Å². The van der Waals surface area contributed by atoms with Crippen LogP contribution in [0.5, 0.6) is 5.75 Å². The number of nitrogens with one attached hydrogen (secondary N) is 1. The summed E-state index contributed by atoms with van der Waals surface area (Å²) < 4.78 is 5.43. The van der Waals surface area contributed by atoms with Crippen LogP contribution in [0.3, 0.4) is 0 Å². The highest BCUT2D eigenvalue weighted by atomic mass is 16.5. The summed E-state index contributed by atoms with van der Waals surface area (Å²) in [6.07, 6.45) is 5.42. The average molecular weight is 395 g/mol.